The van der Waals surface area contributed by atoms with Crippen LogP contribution in [-0.4, -0.2) is 38.3 Å². The summed E-state index contributed by atoms with van der Waals surface area (Å²) in [6, 6.07) is 0.177. The van der Waals surface area contributed by atoms with Crippen molar-refractivity contribution in [2.75, 3.05) is 6.54 Å². The van der Waals surface area contributed by atoms with Gasteiger partial charge in [-0.05, 0) is 26.3 Å². The Labute approximate surface area is 98.0 Å². The number of nitrogens with zero attached hydrogens (tertiary/aromatic N) is 3. The van der Waals surface area contributed by atoms with Crippen LogP contribution in [0, 0.1) is 0 Å². The number of halogens is 1. The summed E-state index contributed by atoms with van der Waals surface area (Å²) in [4.78, 5) is 2.21. The maximum Gasteiger partial charge on any atom is 0.138 e. The third kappa shape index (κ3) is 2.47. The van der Waals surface area contributed by atoms with Crippen molar-refractivity contribution in [3.05, 3.63) is 10.0 Å². The van der Waals surface area contributed by atoms with E-state index in [1.165, 1.54) is 11.5 Å². The Morgan fingerprint density at radius 1 is 1.67 bits per heavy atom. The minimum Gasteiger partial charge on any atom is -0.392 e. The predicted octanol–water partition coefficient (Wildman–Crippen LogP) is 1.54. The molecule has 0 aromatic carbocycles. The highest BCUT2D eigenvalue weighted by molar-refractivity contribution is 7.10. The van der Waals surface area contributed by atoms with E-state index in [-0.39, 0.29) is 12.1 Å². The van der Waals surface area contributed by atoms with Crippen molar-refractivity contribution < 1.29 is 5.11 Å². The van der Waals surface area contributed by atoms with Gasteiger partial charge in [0.15, 0.2) is 0 Å². The molecule has 1 aliphatic rings. The Kier molecular flexibility index (Phi) is 3.56. The first kappa shape index (κ1) is 11.3. The number of hydrogen-bond donors (Lipinski definition) is 1. The van der Waals surface area contributed by atoms with Gasteiger partial charge >= 0.3 is 0 Å². The van der Waals surface area contributed by atoms with Crippen molar-refractivity contribution in [2.24, 2.45) is 0 Å². The summed E-state index contributed by atoms with van der Waals surface area (Å²) < 4.78 is 4.46. The molecule has 4 nitrogen and oxygen atoms in total. The minimum absolute atomic E-state index is 0.177. The van der Waals surface area contributed by atoms with E-state index in [4.69, 9.17) is 11.6 Å². The molecule has 84 valence electrons. The lowest BCUT2D eigenvalue weighted by molar-refractivity contribution is 0.0151. The topological polar surface area (TPSA) is 49.2 Å². The Hall–Kier alpha value is -0.230. The molecule has 2 rings (SSSR count). The molecule has 0 amide bonds. The van der Waals surface area contributed by atoms with Gasteiger partial charge in [-0.1, -0.05) is 16.1 Å². The van der Waals surface area contributed by atoms with E-state index in [1.54, 1.807) is 0 Å². The quantitative estimate of drug-likeness (QED) is 0.861. The largest absolute Gasteiger partial charge is 0.392 e. The highest BCUT2D eigenvalue weighted by Crippen LogP contribution is 2.23. The molecule has 2 unspecified atom stereocenters. The van der Waals surface area contributed by atoms with Crippen molar-refractivity contribution in [3.8, 4) is 0 Å². The molecule has 6 heteroatoms. The molecule has 1 aliphatic heterocycles. The monoisotopic (exact) mass is 247 g/mol. The van der Waals surface area contributed by atoms with Crippen LogP contribution < -0.4 is 0 Å². The first-order valence-corrected chi connectivity index (χ1v) is 6.22. The predicted molar refractivity (Wildman–Crippen MR) is 60.0 cm³/mol. The lowest BCUT2D eigenvalue weighted by atomic mass is 10.0. The first-order valence-electron chi connectivity index (χ1n) is 5.07. The second-order valence-corrected chi connectivity index (χ2v) is 5.27. The van der Waals surface area contributed by atoms with E-state index >= 15 is 0 Å². The molecule has 1 N–H and O–H groups in total. The van der Waals surface area contributed by atoms with Gasteiger partial charge in [0.2, 0.25) is 0 Å². The van der Waals surface area contributed by atoms with Gasteiger partial charge in [-0.2, -0.15) is 0 Å². The minimum atomic E-state index is -0.232. The van der Waals surface area contributed by atoms with Crippen LogP contribution >= 0.6 is 23.1 Å². The summed E-state index contributed by atoms with van der Waals surface area (Å²) in [5, 5.41) is 13.7. The summed E-state index contributed by atoms with van der Waals surface area (Å²) in [6.07, 6.45) is 1.69. The second-order valence-electron chi connectivity index (χ2n) is 3.91. The molecular weight excluding hydrogens is 234 g/mol. The number of aromatic nitrogens is 2. The van der Waals surface area contributed by atoms with Crippen LogP contribution in [0.1, 0.15) is 25.5 Å². The fourth-order valence-electron chi connectivity index (χ4n) is 1.90. The Bertz CT molecular complexity index is 333. The zero-order chi connectivity index (χ0) is 10.8. The van der Waals surface area contributed by atoms with Crippen LogP contribution in [0.2, 0.25) is 4.34 Å². The molecule has 0 aliphatic carbocycles. The molecule has 1 aromatic rings. The van der Waals surface area contributed by atoms with Crippen LogP contribution in [0.4, 0.5) is 0 Å². The highest BCUT2D eigenvalue weighted by atomic mass is 35.5. The van der Waals surface area contributed by atoms with Crippen molar-refractivity contribution >= 4 is 23.1 Å². The Morgan fingerprint density at radius 3 is 3.13 bits per heavy atom. The molecular formula is C9H14ClN3OS. The number of hydrogen-bond acceptors (Lipinski definition) is 5. The standard InChI is InChI=1S/C9H14ClN3OS/c1-6-8(14)3-2-4-13(6)5-7-9(10)15-12-11-7/h6,8,14H,2-5H2,1H3. The molecule has 0 saturated carbocycles. The molecule has 15 heavy (non-hydrogen) atoms. The molecule has 0 radical (unpaired) electrons. The summed E-state index contributed by atoms with van der Waals surface area (Å²) in [5.41, 5.74) is 0.822. The van der Waals surface area contributed by atoms with Crippen LogP contribution in [-0.2, 0) is 6.54 Å². The zero-order valence-electron chi connectivity index (χ0n) is 8.56. The maximum atomic E-state index is 9.74. The third-order valence-corrected chi connectivity index (χ3v) is 3.92. The number of aliphatic hydroxyl groups excluding tert-OH is 1. The van der Waals surface area contributed by atoms with Crippen LogP contribution in [0.15, 0.2) is 0 Å². The number of rotatable bonds is 2. The normalized spacial score (nSPS) is 28.2. The van der Waals surface area contributed by atoms with Gasteiger partial charge in [0.25, 0.3) is 0 Å². The summed E-state index contributed by atoms with van der Waals surface area (Å²) in [6.45, 7) is 3.72. The second kappa shape index (κ2) is 4.74. The summed E-state index contributed by atoms with van der Waals surface area (Å²) in [5.74, 6) is 0. The van der Waals surface area contributed by atoms with Gasteiger partial charge < -0.3 is 5.11 Å². The molecule has 1 fully saturated rings. The van der Waals surface area contributed by atoms with Crippen LogP contribution in [0.3, 0.4) is 0 Å². The van der Waals surface area contributed by atoms with E-state index in [9.17, 15) is 5.11 Å². The van der Waals surface area contributed by atoms with Gasteiger partial charge in [-0.3, -0.25) is 4.90 Å². The first-order chi connectivity index (χ1) is 7.18. The zero-order valence-corrected chi connectivity index (χ0v) is 10.1. The Morgan fingerprint density at radius 2 is 2.47 bits per heavy atom. The van der Waals surface area contributed by atoms with Gasteiger partial charge in [-0.15, -0.1) is 5.10 Å². The van der Waals surface area contributed by atoms with Gasteiger partial charge in [0.1, 0.15) is 10.0 Å². The maximum absolute atomic E-state index is 9.74. The van der Waals surface area contributed by atoms with Crippen LogP contribution in [0.25, 0.3) is 0 Å². The summed E-state index contributed by atoms with van der Waals surface area (Å²) >= 11 is 7.16. The van der Waals surface area contributed by atoms with Gasteiger partial charge in [0.05, 0.1) is 6.10 Å². The molecule has 1 aromatic heterocycles. The fraction of sp³-hybridized carbons (Fsp3) is 0.778. The fourth-order valence-corrected chi connectivity index (χ4v) is 2.51. The van der Waals surface area contributed by atoms with E-state index in [0.29, 0.717) is 10.9 Å². The molecule has 0 bridgehead atoms. The van der Waals surface area contributed by atoms with Crippen LogP contribution in [0.5, 0.6) is 0 Å². The molecule has 2 atom stereocenters. The average Bonchev–Trinajstić information content (AvgIpc) is 2.60. The van der Waals surface area contributed by atoms with E-state index < -0.39 is 0 Å². The number of likely N-dealkylation sites (tertiary alicyclic amines) is 1. The van der Waals surface area contributed by atoms with E-state index in [0.717, 1.165) is 25.1 Å². The van der Waals surface area contributed by atoms with E-state index in [1.807, 2.05) is 6.92 Å². The number of aliphatic hydroxyl groups is 1. The third-order valence-electron chi connectivity index (χ3n) is 2.94. The summed E-state index contributed by atoms with van der Waals surface area (Å²) in [7, 11) is 0. The average molecular weight is 248 g/mol. The van der Waals surface area contributed by atoms with Crippen molar-refractivity contribution in [1.29, 1.82) is 0 Å². The van der Waals surface area contributed by atoms with Crippen molar-refractivity contribution in [2.45, 2.75) is 38.5 Å². The SMILES string of the molecule is CC1C(O)CCCN1Cc1nnsc1Cl. The van der Waals surface area contributed by atoms with Crippen molar-refractivity contribution in [3.63, 3.8) is 0 Å². The molecule has 0 spiro atoms. The van der Waals surface area contributed by atoms with Gasteiger partial charge in [-0.25, -0.2) is 0 Å². The highest BCUT2D eigenvalue weighted by Gasteiger charge is 2.27. The lowest BCUT2D eigenvalue weighted by Gasteiger charge is -2.36. The van der Waals surface area contributed by atoms with Gasteiger partial charge in [0, 0.05) is 24.1 Å². The number of piperidine rings is 1. The smallest absolute Gasteiger partial charge is 0.138 e. The van der Waals surface area contributed by atoms with E-state index in [2.05, 4.69) is 14.5 Å². The molecule has 1 saturated heterocycles. The van der Waals surface area contributed by atoms with Crippen molar-refractivity contribution in [1.82, 2.24) is 14.5 Å². The molecule has 2 heterocycles. The Balaban J connectivity index is 2.02. The lowest BCUT2D eigenvalue weighted by Crippen LogP contribution is -2.45.